The Morgan fingerprint density at radius 3 is 1.97 bits per heavy atom. The third-order valence-corrected chi connectivity index (χ3v) is 5.45. The van der Waals surface area contributed by atoms with Crippen molar-refractivity contribution in [1.82, 2.24) is 4.90 Å². The maximum Gasteiger partial charge on any atom is 0.234 e. The van der Waals surface area contributed by atoms with Crippen molar-refractivity contribution in [2.75, 3.05) is 13.1 Å². The minimum absolute atomic E-state index is 0.0487. The van der Waals surface area contributed by atoms with Gasteiger partial charge in [-0.3, -0.25) is 4.79 Å². The van der Waals surface area contributed by atoms with Gasteiger partial charge in [0.25, 0.3) is 0 Å². The zero-order valence-electron chi connectivity index (χ0n) is 16.5. The fraction of sp³-hybridized carbons (Fsp3) is 0.240. The van der Waals surface area contributed by atoms with E-state index in [9.17, 15) is 13.6 Å². The lowest BCUT2D eigenvalue weighted by atomic mass is 9.89. The van der Waals surface area contributed by atoms with Gasteiger partial charge in [0.05, 0.1) is 5.92 Å². The molecular weight excluding hydrogens is 384 g/mol. The number of hydrogen-bond donors (Lipinski definition) is 0. The Bertz CT molecular complexity index is 947. The van der Waals surface area contributed by atoms with E-state index in [1.807, 2.05) is 65.6 Å². The van der Waals surface area contributed by atoms with Gasteiger partial charge in [-0.05, 0) is 23.3 Å². The summed E-state index contributed by atoms with van der Waals surface area (Å²) in [5, 5.41) is 0. The maximum atomic E-state index is 13.9. The first-order valence-corrected chi connectivity index (χ1v) is 10.1. The number of piperidine rings is 1. The van der Waals surface area contributed by atoms with Crippen molar-refractivity contribution in [2.45, 2.75) is 24.9 Å². The predicted octanol–water partition coefficient (Wildman–Crippen LogP) is 5.17. The van der Waals surface area contributed by atoms with Crippen molar-refractivity contribution in [3.05, 3.63) is 102 Å². The van der Waals surface area contributed by atoms with Gasteiger partial charge in [0.1, 0.15) is 11.9 Å². The fourth-order valence-electron chi connectivity index (χ4n) is 3.90. The topological polar surface area (TPSA) is 29.5 Å². The average Bonchev–Trinajstić information content (AvgIpc) is 2.78. The number of amides is 1. The van der Waals surface area contributed by atoms with E-state index in [1.54, 1.807) is 0 Å². The van der Waals surface area contributed by atoms with E-state index >= 15 is 0 Å². The highest BCUT2D eigenvalue weighted by molar-refractivity contribution is 5.87. The lowest BCUT2D eigenvalue weighted by Gasteiger charge is -2.34. The number of likely N-dealkylation sites (tertiary alicyclic amines) is 1. The first kappa shape index (κ1) is 20.1. The lowest BCUT2D eigenvalue weighted by Crippen LogP contribution is -2.44. The molecule has 1 heterocycles. The molecule has 1 saturated heterocycles. The molecule has 0 spiro atoms. The third-order valence-electron chi connectivity index (χ3n) is 5.45. The molecule has 1 amide bonds. The first-order valence-electron chi connectivity index (χ1n) is 10.1. The molecule has 0 aliphatic carbocycles. The van der Waals surface area contributed by atoms with Crippen molar-refractivity contribution in [3.8, 4) is 5.75 Å². The number of rotatable bonds is 5. The summed E-state index contributed by atoms with van der Waals surface area (Å²) in [6.45, 7) is 1.06. The molecule has 0 atom stereocenters. The average molecular weight is 407 g/mol. The van der Waals surface area contributed by atoms with Gasteiger partial charge in [-0.2, -0.15) is 0 Å². The SMILES string of the molecule is O=C(C(c1ccccc1)c1ccccc1)N1CCC(Oc2ccc(F)cc2F)CC1. The number of carbonyl (C=O) groups is 1. The number of benzene rings is 3. The highest BCUT2D eigenvalue weighted by atomic mass is 19.1. The summed E-state index contributed by atoms with van der Waals surface area (Å²) in [4.78, 5) is 15.3. The number of carbonyl (C=O) groups excluding carboxylic acids is 1. The summed E-state index contributed by atoms with van der Waals surface area (Å²) in [5.41, 5.74) is 1.92. The summed E-state index contributed by atoms with van der Waals surface area (Å²) in [7, 11) is 0. The van der Waals surface area contributed by atoms with Gasteiger partial charge in [-0.15, -0.1) is 0 Å². The zero-order valence-corrected chi connectivity index (χ0v) is 16.5. The fourth-order valence-corrected chi connectivity index (χ4v) is 3.90. The van der Waals surface area contributed by atoms with Gasteiger partial charge in [-0.25, -0.2) is 8.78 Å². The second kappa shape index (κ2) is 9.08. The molecule has 0 aromatic heterocycles. The van der Waals surface area contributed by atoms with Crippen molar-refractivity contribution in [2.24, 2.45) is 0 Å². The standard InChI is InChI=1S/C25H23F2NO2/c26-20-11-12-23(22(27)17-20)30-21-13-15-28(16-14-21)25(29)24(18-7-3-1-4-8-18)19-9-5-2-6-10-19/h1-12,17,21,24H,13-16H2. The minimum Gasteiger partial charge on any atom is -0.487 e. The van der Waals surface area contributed by atoms with E-state index in [4.69, 9.17) is 4.74 Å². The molecule has 0 radical (unpaired) electrons. The second-order valence-corrected chi connectivity index (χ2v) is 7.47. The van der Waals surface area contributed by atoms with E-state index in [0.29, 0.717) is 25.9 Å². The molecular formula is C25H23F2NO2. The maximum absolute atomic E-state index is 13.9. The third kappa shape index (κ3) is 4.51. The van der Waals surface area contributed by atoms with Crippen LogP contribution in [0.15, 0.2) is 78.9 Å². The first-order chi connectivity index (χ1) is 14.6. The molecule has 1 aliphatic heterocycles. The van der Waals surface area contributed by atoms with Crippen LogP contribution in [0.25, 0.3) is 0 Å². The molecule has 5 heteroatoms. The normalized spacial score (nSPS) is 14.7. The van der Waals surface area contributed by atoms with Crippen molar-refractivity contribution < 1.29 is 18.3 Å². The van der Waals surface area contributed by atoms with Crippen LogP contribution in [-0.4, -0.2) is 30.0 Å². The Morgan fingerprint density at radius 2 is 1.43 bits per heavy atom. The van der Waals surface area contributed by atoms with E-state index in [1.165, 1.54) is 12.1 Å². The Kier molecular flexibility index (Phi) is 6.07. The van der Waals surface area contributed by atoms with Gasteiger partial charge >= 0.3 is 0 Å². The number of hydrogen-bond acceptors (Lipinski definition) is 2. The molecule has 0 N–H and O–H groups in total. The number of ether oxygens (including phenoxy) is 1. The zero-order chi connectivity index (χ0) is 20.9. The molecule has 30 heavy (non-hydrogen) atoms. The summed E-state index contributed by atoms with van der Waals surface area (Å²) in [5.74, 6) is -1.60. The van der Waals surface area contributed by atoms with Crippen LogP contribution in [0.3, 0.4) is 0 Å². The van der Waals surface area contributed by atoms with Crippen molar-refractivity contribution in [3.63, 3.8) is 0 Å². The summed E-state index contributed by atoms with van der Waals surface area (Å²) in [6, 6.07) is 22.8. The van der Waals surface area contributed by atoms with Crippen LogP contribution in [0.4, 0.5) is 8.78 Å². The highest BCUT2D eigenvalue weighted by Crippen LogP contribution is 2.29. The molecule has 0 saturated carbocycles. The Balaban J connectivity index is 1.45. The van der Waals surface area contributed by atoms with Gasteiger partial charge in [0.2, 0.25) is 5.91 Å². The predicted molar refractivity (Wildman–Crippen MR) is 111 cm³/mol. The van der Waals surface area contributed by atoms with Gasteiger partial charge in [-0.1, -0.05) is 60.7 Å². The largest absolute Gasteiger partial charge is 0.487 e. The molecule has 3 nitrogen and oxygen atoms in total. The minimum atomic E-state index is -0.707. The lowest BCUT2D eigenvalue weighted by molar-refractivity contribution is -0.133. The van der Waals surface area contributed by atoms with Crippen molar-refractivity contribution in [1.29, 1.82) is 0 Å². The summed E-state index contributed by atoms with van der Waals surface area (Å²) >= 11 is 0. The van der Waals surface area contributed by atoms with Gasteiger partial charge in [0, 0.05) is 32.0 Å². The molecule has 154 valence electrons. The van der Waals surface area contributed by atoms with Crippen LogP contribution in [0, 0.1) is 11.6 Å². The Labute approximate surface area is 174 Å². The van der Waals surface area contributed by atoms with Crippen LogP contribution in [0.1, 0.15) is 29.9 Å². The molecule has 3 aromatic carbocycles. The molecule has 3 aromatic rings. The quantitative estimate of drug-likeness (QED) is 0.584. The second-order valence-electron chi connectivity index (χ2n) is 7.47. The summed E-state index contributed by atoms with van der Waals surface area (Å²) < 4.78 is 32.7. The van der Waals surface area contributed by atoms with Gasteiger partial charge in [0.15, 0.2) is 11.6 Å². The number of halogens is 2. The van der Waals surface area contributed by atoms with Gasteiger partial charge < -0.3 is 9.64 Å². The van der Waals surface area contributed by atoms with Crippen LogP contribution >= 0.6 is 0 Å². The van der Waals surface area contributed by atoms with Crippen LogP contribution < -0.4 is 4.74 Å². The van der Waals surface area contributed by atoms with E-state index < -0.39 is 11.6 Å². The molecule has 4 rings (SSSR count). The van der Waals surface area contributed by atoms with Crippen LogP contribution in [0.2, 0.25) is 0 Å². The van der Waals surface area contributed by atoms with Crippen molar-refractivity contribution >= 4 is 5.91 Å². The molecule has 1 aliphatic rings. The Hall–Kier alpha value is -3.21. The summed E-state index contributed by atoms with van der Waals surface area (Å²) in [6.07, 6.45) is 0.985. The highest BCUT2D eigenvalue weighted by Gasteiger charge is 2.31. The smallest absolute Gasteiger partial charge is 0.234 e. The molecule has 0 bridgehead atoms. The van der Waals surface area contributed by atoms with Crippen LogP contribution in [0.5, 0.6) is 5.75 Å². The molecule has 0 unspecified atom stereocenters. The van der Waals surface area contributed by atoms with E-state index in [0.717, 1.165) is 17.2 Å². The molecule has 1 fully saturated rings. The number of nitrogens with zero attached hydrogens (tertiary/aromatic N) is 1. The Morgan fingerprint density at radius 1 is 0.867 bits per heavy atom. The van der Waals surface area contributed by atoms with Crippen LogP contribution in [-0.2, 0) is 4.79 Å². The van der Waals surface area contributed by atoms with E-state index in [2.05, 4.69) is 0 Å². The van der Waals surface area contributed by atoms with E-state index in [-0.39, 0.29) is 23.7 Å². The monoisotopic (exact) mass is 407 g/mol.